The Kier molecular flexibility index (Phi) is 6.77. The van der Waals surface area contributed by atoms with Crippen molar-refractivity contribution in [2.24, 2.45) is 0 Å². The summed E-state index contributed by atoms with van der Waals surface area (Å²) >= 11 is 0. The molecule has 9 rings (SSSR count). The Morgan fingerprint density at radius 1 is 0.277 bits per heavy atom. The molecule has 1 heteroatoms. The summed E-state index contributed by atoms with van der Waals surface area (Å²) in [7, 11) is -0.640. The summed E-state index contributed by atoms with van der Waals surface area (Å²) < 4.78 is 0. The Balaban J connectivity index is 1.33. The molecule has 0 aliphatic carbocycles. The molecular weight excluding hydrogens is 581 g/mol. The molecule has 0 spiro atoms. The van der Waals surface area contributed by atoms with Crippen molar-refractivity contribution in [3.05, 3.63) is 182 Å². The SMILES string of the molecule is c1ccc([SiH2]c2ccc3c(-c4cccc(-c5cccc6ccccc56)c4)c4ccccc4c(-c4ccc5ccccc5c4)c3c2)cc1. The number of benzene rings is 9. The Labute approximate surface area is 277 Å². The van der Waals surface area contributed by atoms with E-state index in [0.717, 1.165) is 0 Å². The van der Waals surface area contributed by atoms with Gasteiger partial charge in [0.05, 0.1) is 9.52 Å². The lowest BCUT2D eigenvalue weighted by atomic mass is 9.85. The molecular formula is C46H32Si. The minimum absolute atomic E-state index is 0.640. The minimum Gasteiger partial charge on any atom is -0.0633 e. The molecule has 0 saturated heterocycles. The first-order valence-corrected chi connectivity index (χ1v) is 17.8. The van der Waals surface area contributed by atoms with E-state index in [1.807, 2.05) is 0 Å². The average molecular weight is 613 g/mol. The Morgan fingerprint density at radius 3 is 1.70 bits per heavy atom. The second-order valence-corrected chi connectivity index (χ2v) is 14.5. The highest BCUT2D eigenvalue weighted by Crippen LogP contribution is 2.44. The van der Waals surface area contributed by atoms with Crippen LogP contribution in [0.2, 0.25) is 0 Å². The summed E-state index contributed by atoms with van der Waals surface area (Å²) in [6, 6.07) is 67.4. The molecule has 0 radical (unpaired) electrons. The highest BCUT2D eigenvalue weighted by molar-refractivity contribution is 6.67. The number of rotatable bonds is 5. The smallest absolute Gasteiger partial charge is 0.0633 e. The summed E-state index contributed by atoms with van der Waals surface area (Å²) in [6.45, 7) is 0. The zero-order valence-corrected chi connectivity index (χ0v) is 27.4. The molecule has 0 nitrogen and oxygen atoms in total. The van der Waals surface area contributed by atoms with E-state index in [1.54, 1.807) is 0 Å². The fourth-order valence-corrected chi connectivity index (χ4v) is 8.97. The number of fused-ring (bicyclic) bond motifs is 4. The Hall–Kier alpha value is -5.76. The molecule has 0 aromatic heterocycles. The number of hydrogen-bond acceptors (Lipinski definition) is 0. The zero-order valence-electron chi connectivity index (χ0n) is 26.0. The maximum atomic E-state index is 2.50. The van der Waals surface area contributed by atoms with Gasteiger partial charge in [0.15, 0.2) is 0 Å². The van der Waals surface area contributed by atoms with Gasteiger partial charge in [0.1, 0.15) is 0 Å². The van der Waals surface area contributed by atoms with E-state index >= 15 is 0 Å². The van der Waals surface area contributed by atoms with Gasteiger partial charge in [-0.05, 0) is 88.6 Å². The van der Waals surface area contributed by atoms with Crippen molar-refractivity contribution in [2.45, 2.75) is 0 Å². The first-order chi connectivity index (χ1) is 23.3. The standard InChI is InChI=1S/C46H32Si/c1-2-18-37(19-3-1)47-38-26-27-43-44(30-38)46(36-25-24-31-12-4-5-14-33(31)28-36)42-22-9-8-21-41(42)45(43)35-17-10-16-34(29-35)40-23-11-15-32-13-6-7-20-39(32)40/h1-30H,47H2. The van der Waals surface area contributed by atoms with Crippen molar-refractivity contribution in [2.75, 3.05) is 0 Å². The zero-order chi connectivity index (χ0) is 31.2. The van der Waals surface area contributed by atoms with Crippen molar-refractivity contribution in [1.82, 2.24) is 0 Å². The van der Waals surface area contributed by atoms with E-state index in [9.17, 15) is 0 Å². The van der Waals surface area contributed by atoms with Crippen LogP contribution >= 0.6 is 0 Å². The molecule has 9 aromatic rings. The van der Waals surface area contributed by atoms with Gasteiger partial charge in [0.25, 0.3) is 0 Å². The van der Waals surface area contributed by atoms with Crippen LogP contribution in [0.5, 0.6) is 0 Å². The van der Waals surface area contributed by atoms with E-state index in [1.165, 1.54) is 86.8 Å². The van der Waals surface area contributed by atoms with Crippen LogP contribution in [0.3, 0.4) is 0 Å². The van der Waals surface area contributed by atoms with E-state index in [2.05, 4.69) is 182 Å². The summed E-state index contributed by atoms with van der Waals surface area (Å²) in [6.07, 6.45) is 0. The largest absolute Gasteiger partial charge is 0.0875 e. The van der Waals surface area contributed by atoms with E-state index in [0.29, 0.717) is 0 Å². The topological polar surface area (TPSA) is 0 Å². The van der Waals surface area contributed by atoms with Crippen molar-refractivity contribution in [3.8, 4) is 33.4 Å². The van der Waals surface area contributed by atoms with Gasteiger partial charge in [-0.2, -0.15) is 0 Å². The molecule has 0 unspecified atom stereocenters. The summed E-state index contributed by atoms with van der Waals surface area (Å²) in [5.41, 5.74) is 7.63. The quantitative estimate of drug-likeness (QED) is 0.134. The van der Waals surface area contributed by atoms with Gasteiger partial charge in [-0.1, -0.05) is 180 Å². The predicted molar refractivity (Wildman–Crippen MR) is 207 cm³/mol. The third-order valence-electron chi connectivity index (χ3n) is 9.63. The second kappa shape index (κ2) is 11.5. The molecule has 0 aliphatic heterocycles. The molecule has 0 fully saturated rings. The van der Waals surface area contributed by atoms with Gasteiger partial charge in [0.2, 0.25) is 0 Å². The molecule has 0 heterocycles. The van der Waals surface area contributed by atoms with Crippen LogP contribution in [0.1, 0.15) is 0 Å². The monoisotopic (exact) mass is 612 g/mol. The second-order valence-electron chi connectivity index (χ2n) is 12.5. The van der Waals surface area contributed by atoms with Crippen LogP contribution in [-0.2, 0) is 0 Å². The van der Waals surface area contributed by atoms with Gasteiger partial charge in [-0.15, -0.1) is 0 Å². The van der Waals surface area contributed by atoms with Crippen LogP contribution in [0.4, 0.5) is 0 Å². The lowest BCUT2D eigenvalue weighted by molar-refractivity contribution is 1.63. The highest BCUT2D eigenvalue weighted by atomic mass is 28.2. The normalized spacial score (nSPS) is 11.7. The van der Waals surface area contributed by atoms with E-state index in [-0.39, 0.29) is 0 Å². The first kappa shape index (κ1) is 27.5. The lowest BCUT2D eigenvalue weighted by Crippen LogP contribution is -2.26. The molecule has 0 bridgehead atoms. The van der Waals surface area contributed by atoms with Gasteiger partial charge in [0, 0.05) is 0 Å². The molecule has 0 N–H and O–H groups in total. The molecule has 47 heavy (non-hydrogen) atoms. The maximum Gasteiger partial charge on any atom is 0.0875 e. The molecule has 0 amide bonds. The highest BCUT2D eigenvalue weighted by Gasteiger charge is 2.18. The van der Waals surface area contributed by atoms with Crippen LogP contribution in [0.15, 0.2) is 182 Å². The van der Waals surface area contributed by atoms with Gasteiger partial charge in [-0.3, -0.25) is 0 Å². The van der Waals surface area contributed by atoms with Crippen molar-refractivity contribution < 1.29 is 0 Å². The molecule has 0 aliphatic rings. The minimum atomic E-state index is -0.640. The Morgan fingerprint density at radius 2 is 0.872 bits per heavy atom. The number of hydrogen-bond donors (Lipinski definition) is 0. The van der Waals surface area contributed by atoms with Crippen LogP contribution in [0, 0.1) is 0 Å². The molecule has 0 saturated carbocycles. The lowest BCUT2D eigenvalue weighted by Gasteiger charge is -2.19. The van der Waals surface area contributed by atoms with Crippen molar-refractivity contribution >= 4 is 63.0 Å². The maximum absolute atomic E-state index is 2.50. The van der Waals surface area contributed by atoms with Gasteiger partial charge < -0.3 is 0 Å². The van der Waals surface area contributed by atoms with Crippen molar-refractivity contribution in [1.29, 1.82) is 0 Å². The fraction of sp³-hybridized carbons (Fsp3) is 0. The van der Waals surface area contributed by atoms with Gasteiger partial charge >= 0.3 is 0 Å². The van der Waals surface area contributed by atoms with Crippen LogP contribution in [-0.4, -0.2) is 9.52 Å². The van der Waals surface area contributed by atoms with E-state index < -0.39 is 9.52 Å². The third kappa shape index (κ3) is 4.93. The summed E-state index contributed by atoms with van der Waals surface area (Å²) in [5.74, 6) is 0. The van der Waals surface area contributed by atoms with Crippen molar-refractivity contribution in [3.63, 3.8) is 0 Å². The van der Waals surface area contributed by atoms with Crippen LogP contribution < -0.4 is 10.4 Å². The van der Waals surface area contributed by atoms with Crippen LogP contribution in [0.25, 0.3) is 76.5 Å². The summed E-state index contributed by atoms with van der Waals surface area (Å²) in [5, 5.41) is 13.2. The molecule has 0 atom stereocenters. The summed E-state index contributed by atoms with van der Waals surface area (Å²) in [4.78, 5) is 0. The van der Waals surface area contributed by atoms with E-state index in [4.69, 9.17) is 0 Å². The third-order valence-corrected chi connectivity index (χ3v) is 11.4. The molecule has 9 aromatic carbocycles. The predicted octanol–water partition coefficient (Wildman–Crippen LogP) is 10.4. The van der Waals surface area contributed by atoms with Gasteiger partial charge in [-0.25, -0.2) is 0 Å². The Bertz CT molecular complexity index is 2590. The fourth-order valence-electron chi connectivity index (χ4n) is 7.45. The molecule has 220 valence electrons. The first-order valence-electron chi connectivity index (χ1n) is 16.4. The average Bonchev–Trinajstić information content (AvgIpc) is 3.14.